The Balaban J connectivity index is 4.44. The molecule has 18 heavy (non-hydrogen) atoms. The molecule has 0 aromatic heterocycles. The van der Waals surface area contributed by atoms with Crippen molar-refractivity contribution in [1.29, 1.82) is 0 Å². The summed E-state index contributed by atoms with van der Waals surface area (Å²) >= 11 is 6.17. The summed E-state index contributed by atoms with van der Waals surface area (Å²) in [5, 5.41) is 1.09. The number of carbonyl (C=O) groups excluding carboxylic acids is 1. The minimum Gasteiger partial charge on any atom is -0.301 e. The number of halogens is 1. The van der Waals surface area contributed by atoms with E-state index in [1.165, 1.54) is 19.3 Å². The molecule has 0 saturated carbocycles. The maximum Gasteiger partial charge on any atom is 0.137 e. The van der Waals surface area contributed by atoms with Crippen molar-refractivity contribution in [3.8, 4) is 0 Å². The van der Waals surface area contributed by atoms with E-state index in [2.05, 4.69) is 40.8 Å². The van der Waals surface area contributed by atoms with E-state index in [1.807, 2.05) is 0 Å². The molecular formula is C15H29ClOSi. The van der Waals surface area contributed by atoms with Gasteiger partial charge in [0.1, 0.15) is 13.5 Å². The number of hydrogen-bond acceptors (Lipinski definition) is 1. The molecule has 0 heterocycles. The van der Waals surface area contributed by atoms with Gasteiger partial charge in [-0.2, -0.15) is 0 Å². The van der Waals surface area contributed by atoms with Gasteiger partial charge in [0.15, 0.2) is 0 Å². The molecule has 0 radical (unpaired) electrons. The molecule has 0 aromatic carbocycles. The number of carbonyl (C=O) groups is 1. The molecule has 0 aliphatic rings. The monoisotopic (exact) mass is 288 g/mol. The summed E-state index contributed by atoms with van der Waals surface area (Å²) in [4.78, 5) is 12.3. The SMILES string of the molecule is CCCCCC/C(Cl)=C/C(=O)[Si](C)(C)C(C)(C)C. The lowest BCUT2D eigenvalue weighted by molar-refractivity contribution is -0.108. The zero-order chi connectivity index (χ0) is 14.4. The maximum absolute atomic E-state index is 12.3. The summed E-state index contributed by atoms with van der Waals surface area (Å²) in [6.07, 6.45) is 7.32. The van der Waals surface area contributed by atoms with Crippen LogP contribution in [-0.4, -0.2) is 13.5 Å². The first kappa shape index (κ1) is 17.9. The molecule has 0 N–H and O–H groups in total. The van der Waals surface area contributed by atoms with Crippen LogP contribution in [0.1, 0.15) is 59.8 Å². The van der Waals surface area contributed by atoms with Crippen molar-refractivity contribution in [2.24, 2.45) is 0 Å². The van der Waals surface area contributed by atoms with Crippen molar-refractivity contribution >= 4 is 25.1 Å². The molecule has 3 heteroatoms. The number of rotatable bonds is 7. The van der Waals surface area contributed by atoms with Gasteiger partial charge in [0.05, 0.1) is 0 Å². The van der Waals surface area contributed by atoms with E-state index in [1.54, 1.807) is 6.08 Å². The summed E-state index contributed by atoms with van der Waals surface area (Å²) in [6.45, 7) is 12.9. The van der Waals surface area contributed by atoms with Crippen LogP contribution in [-0.2, 0) is 4.79 Å². The third-order valence-corrected chi connectivity index (χ3v) is 9.47. The van der Waals surface area contributed by atoms with Gasteiger partial charge in [0.2, 0.25) is 0 Å². The second-order valence-corrected chi connectivity index (χ2v) is 12.4. The number of allylic oxidation sites excluding steroid dienone is 2. The zero-order valence-electron chi connectivity index (χ0n) is 12.9. The van der Waals surface area contributed by atoms with Crippen LogP contribution in [0.5, 0.6) is 0 Å². The minimum atomic E-state index is -1.93. The molecule has 0 rings (SSSR count). The second-order valence-electron chi connectivity index (χ2n) is 6.64. The van der Waals surface area contributed by atoms with E-state index in [-0.39, 0.29) is 10.4 Å². The van der Waals surface area contributed by atoms with Crippen molar-refractivity contribution in [2.45, 2.75) is 77.9 Å². The summed E-state index contributed by atoms with van der Waals surface area (Å²) in [5.41, 5.74) is 0. The molecule has 0 aromatic rings. The average Bonchev–Trinajstić information content (AvgIpc) is 2.22. The molecule has 0 saturated heterocycles. The van der Waals surface area contributed by atoms with Gasteiger partial charge in [-0.15, -0.1) is 0 Å². The highest BCUT2D eigenvalue weighted by Gasteiger charge is 2.40. The molecule has 0 atom stereocenters. The van der Waals surface area contributed by atoms with Crippen molar-refractivity contribution in [1.82, 2.24) is 0 Å². The van der Waals surface area contributed by atoms with Gasteiger partial charge in [0, 0.05) is 5.03 Å². The van der Waals surface area contributed by atoms with E-state index in [0.29, 0.717) is 0 Å². The predicted molar refractivity (Wildman–Crippen MR) is 84.9 cm³/mol. The molecule has 0 aliphatic heterocycles. The van der Waals surface area contributed by atoms with Crippen LogP contribution in [0.15, 0.2) is 11.1 Å². The summed E-state index contributed by atoms with van der Waals surface area (Å²) in [7, 11) is -1.93. The van der Waals surface area contributed by atoms with Gasteiger partial charge in [-0.3, -0.25) is 0 Å². The standard InChI is InChI=1S/C15H29ClOSi/c1-7-8-9-10-11-13(16)12-14(17)18(5,6)15(2,3)4/h12H,7-11H2,1-6H3/b13-12-. The van der Waals surface area contributed by atoms with Gasteiger partial charge in [-0.05, 0) is 24.0 Å². The van der Waals surface area contributed by atoms with Crippen LogP contribution in [0.2, 0.25) is 18.1 Å². The van der Waals surface area contributed by atoms with Crippen LogP contribution in [0.3, 0.4) is 0 Å². The fourth-order valence-corrected chi connectivity index (χ4v) is 3.08. The largest absolute Gasteiger partial charge is 0.301 e. The molecule has 0 aliphatic carbocycles. The molecule has 0 spiro atoms. The van der Waals surface area contributed by atoms with E-state index in [0.717, 1.165) is 17.9 Å². The molecule has 106 valence electrons. The Morgan fingerprint density at radius 2 is 1.72 bits per heavy atom. The van der Waals surface area contributed by atoms with Crippen molar-refractivity contribution in [3.63, 3.8) is 0 Å². The van der Waals surface area contributed by atoms with Gasteiger partial charge in [0.25, 0.3) is 0 Å². The predicted octanol–water partition coefficient (Wildman–Crippen LogP) is 5.70. The molecule has 1 nitrogen and oxygen atoms in total. The Kier molecular flexibility index (Phi) is 7.46. The number of hydrogen-bond donors (Lipinski definition) is 0. The van der Waals surface area contributed by atoms with Crippen molar-refractivity contribution in [3.05, 3.63) is 11.1 Å². The van der Waals surface area contributed by atoms with Crippen LogP contribution in [0, 0.1) is 0 Å². The van der Waals surface area contributed by atoms with Gasteiger partial charge < -0.3 is 4.79 Å². The lowest BCUT2D eigenvalue weighted by Gasteiger charge is -2.34. The first-order valence-electron chi connectivity index (χ1n) is 7.03. The minimum absolute atomic E-state index is 0.0833. The Labute approximate surface area is 119 Å². The van der Waals surface area contributed by atoms with Crippen molar-refractivity contribution in [2.75, 3.05) is 0 Å². The highest BCUT2D eigenvalue weighted by atomic mass is 35.5. The third-order valence-electron chi connectivity index (χ3n) is 4.05. The lowest BCUT2D eigenvalue weighted by atomic mass is 10.1. The number of unbranched alkanes of at least 4 members (excludes halogenated alkanes) is 3. The smallest absolute Gasteiger partial charge is 0.137 e. The highest BCUT2D eigenvalue weighted by Crippen LogP contribution is 2.37. The maximum atomic E-state index is 12.3. The first-order chi connectivity index (χ1) is 8.13. The van der Waals surface area contributed by atoms with Gasteiger partial charge in [-0.1, -0.05) is 71.7 Å². The lowest BCUT2D eigenvalue weighted by Crippen LogP contribution is -2.45. The van der Waals surface area contributed by atoms with E-state index in [4.69, 9.17) is 11.6 Å². The summed E-state index contributed by atoms with van der Waals surface area (Å²) < 4.78 is 0. The Bertz CT molecular complexity index is 300. The molecule has 0 bridgehead atoms. The van der Waals surface area contributed by atoms with E-state index >= 15 is 0 Å². The quantitative estimate of drug-likeness (QED) is 0.334. The molecular weight excluding hydrogens is 260 g/mol. The van der Waals surface area contributed by atoms with Crippen LogP contribution in [0.25, 0.3) is 0 Å². The van der Waals surface area contributed by atoms with E-state index in [9.17, 15) is 4.79 Å². The second kappa shape index (κ2) is 7.49. The molecule has 0 amide bonds. The fraction of sp³-hybridized carbons (Fsp3) is 0.800. The molecule has 0 fully saturated rings. The van der Waals surface area contributed by atoms with Gasteiger partial charge >= 0.3 is 0 Å². The van der Waals surface area contributed by atoms with Crippen molar-refractivity contribution < 1.29 is 4.79 Å². The summed E-state index contributed by atoms with van der Waals surface area (Å²) in [6, 6.07) is 0. The van der Waals surface area contributed by atoms with Crippen LogP contribution >= 0.6 is 11.6 Å². The van der Waals surface area contributed by atoms with Crippen LogP contribution < -0.4 is 0 Å². The fourth-order valence-electron chi connectivity index (χ4n) is 1.49. The Morgan fingerprint density at radius 3 is 2.17 bits per heavy atom. The highest BCUT2D eigenvalue weighted by molar-refractivity contribution is 7.07. The zero-order valence-corrected chi connectivity index (χ0v) is 14.7. The Morgan fingerprint density at radius 1 is 1.17 bits per heavy atom. The topological polar surface area (TPSA) is 17.1 Å². The van der Waals surface area contributed by atoms with E-state index < -0.39 is 8.07 Å². The normalized spacial score (nSPS) is 13.8. The average molecular weight is 289 g/mol. The molecule has 0 unspecified atom stereocenters. The first-order valence-corrected chi connectivity index (χ1v) is 10.4. The Hall–Kier alpha value is -0.0831. The summed E-state index contributed by atoms with van der Waals surface area (Å²) in [5.74, 6) is 0. The third kappa shape index (κ3) is 5.70. The van der Waals surface area contributed by atoms with Crippen LogP contribution in [0.4, 0.5) is 0 Å². The van der Waals surface area contributed by atoms with Gasteiger partial charge in [-0.25, -0.2) is 0 Å².